The third-order valence-electron chi connectivity index (χ3n) is 4.16. The fraction of sp³-hybridized carbons (Fsp3) is 0.263. The van der Waals surface area contributed by atoms with Gasteiger partial charge in [-0.2, -0.15) is 0 Å². The number of hydrogen-bond donors (Lipinski definition) is 1. The number of hydrogen-bond acceptors (Lipinski definition) is 5. The molecule has 1 N–H and O–H groups in total. The van der Waals surface area contributed by atoms with Crippen LogP contribution in [0.1, 0.15) is 12.0 Å². The Kier molecular flexibility index (Phi) is 6.44. The van der Waals surface area contributed by atoms with E-state index in [9.17, 15) is 13.2 Å². The summed E-state index contributed by atoms with van der Waals surface area (Å²) in [6.45, 7) is 1.96. The molecule has 0 radical (unpaired) electrons. The number of rotatable bonds is 7. The lowest BCUT2D eigenvalue weighted by Crippen LogP contribution is -2.23. The number of benzene rings is 2. The Bertz CT molecular complexity index is 1180. The Labute approximate surface area is 173 Å². The molecule has 0 aliphatic rings. The van der Waals surface area contributed by atoms with Crippen LogP contribution in [0.3, 0.4) is 0 Å². The van der Waals surface area contributed by atoms with Gasteiger partial charge in [0, 0.05) is 10.8 Å². The molecule has 148 valence electrons. The standard InChI is InChI=1S/C19H20ClN3O3S2/c1-13-5-3-6-15(11-13)23-18(24)16-8-7-14(20)12-17(16)22-19(23)27-9-4-10-28(25,26)21-2/h3,5-8,11-12,21H,4,9-10H2,1-2H3. The summed E-state index contributed by atoms with van der Waals surface area (Å²) in [6.07, 6.45) is 0.436. The van der Waals surface area contributed by atoms with Gasteiger partial charge < -0.3 is 0 Å². The molecular formula is C19H20ClN3O3S2. The lowest BCUT2D eigenvalue weighted by atomic mass is 10.2. The maximum Gasteiger partial charge on any atom is 0.266 e. The first-order valence-electron chi connectivity index (χ1n) is 8.64. The van der Waals surface area contributed by atoms with Crippen molar-refractivity contribution in [1.82, 2.24) is 14.3 Å². The Morgan fingerprint density at radius 1 is 1.21 bits per heavy atom. The van der Waals surface area contributed by atoms with Crippen molar-refractivity contribution in [3.63, 3.8) is 0 Å². The molecule has 28 heavy (non-hydrogen) atoms. The summed E-state index contributed by atoms with van der Waals surface area (Å²) < 4.78 is 27.1. The van der Waals surface area contributed by atoms with E-state index in [1.807, 2.05) is 31.2 Å². The average Bonchev–Trinajstić information content (AvgIpc) is 2.65. The average molecular weight is 438 g/mol. The minimum absolute atomic E-state index is 0.0184. The molecule has 3 aromatic rings. The zero-order valence-electron chi connectivity index (χ0n) is 15.5. The third kappa shape index (κ3) is 4.75. The van der Waals surface area contributed by atoms with Gasteiger partial charge in [0.2, 0.25) is 10.0 Å². The van der Waals surface area contributed by atoms with Crippen LogP contribution in [0, 0.1) is 6.92 Å². The van der Waals surface area contributed by atoms with Gasteiger partial charge in [-0.15, -0.1) is 0 Å². The van der Waals surface area contributed by atoms with Crippen LogP contribution in [-0.4, -0.2) is 36.5 Å². The van der Waals surface area contributed by atoms with Crippen LogP contribution in [-0.2, 0) is 10.0 Å². The zero-order valence-corrected chi connectivity index (χ0v) is 17.9. The maximum atomic E-state index is 13.2. The fourth-order valence-corrected chi connectivity index (χ4v) is 4.77. The summed E-state index contributed by atoms with van der Waals surface area (Å²) in [5, 5.41) is 1.49. The summed E-state index contributed by atoms with van der Waals surface area (Å²) in [4.78, 5) is 17.8. The van der Waals surface area contributed by atoms with E-state index >= 15 is 0 Å². The number of fused-ring (bicyclic) bond motifs is 1. The highest BCUT2D eigenvalue weighted by molar-refractivity contribution is 7.99. The van der Waals surface area contributed by atoms with Crippen molar-refractivity contribution < 1.29 is 8.42 Å². The summed E-state index contributed by atoms with van der Waals surface area (Å²) >= 11 is 7.41. The molecule has 0 bridgehead atoms. The summed E-state index contributed by atoms with van der Waals surface area (Å²) in [7, 11) is -1.86. The number of halogens is 1. The first-order valence-corrected chi connectivity index (χ1v) is 11.7. The van der Waals surface area contributed by atoms with Crippen LogP contribution in [0.25, 0.3) is 16.6 Å². The predicted molar refractivity (Wildman–Crippen MR) is 115 cm³/mol. The van der Waals surface area contributed by atoms with Crippen LogP contribution in [0.5, 0.6) is 0 Å². The van der Waals surface area contributed by atoms with Crippen LogP contribution >= 0.6 is 23.4 Å². The predicted octanol–water partition coefficient (Wildman–Crippen LogP) is 3.38. The number of aromatic nitrogens is 2. The molecule has 6 nitrogen and oxygen atoms in total. The molecule has 0 saturated heterocycles. The van der Waals surface area contributed by atoms with Gasteiger partial charge in [0.1, 0.15) is 0 Å². The maximum absolute atomic E-state index is 13.2. The van der Waals surface area contributed by atoms with E-state index in [4.69, 9.17) is 11.6 Å². The minimum Gasteiger partial charge on any atom is -0.268 e. The van der Waals surface area contributed by atoms with Crippen molar-refractivity contribution in [1.29, 1.82) is 0 Å². The highest BCUT2D eigenvalue weighted by Crippen LogP contribution is 2.24. The Hall–Kier alpha value is -1.87. The SMILES string of the molecule is CNS(=O)(=O)CCCSc1nc2cc(Cl)ccc2c(=O)n1-c1cccc(C)c1. The second kappa shape index (κ2) is 8.65. The molecule has 9 heteroatoms. The van der Waals surface area contributed by atoms with Crippen molar-refractivity contribution in [2.45, 2.75) is 18.5 Å². The molecule has 0 fully saturated rings. The van der Waals surface area contributed by atoms with Gasteiger partial charge >= 0.3 is 0 Å². The summed E-state index contributed by atoms with van der Waals surface area (Å²) in [5.74, 6) is 0.524. The molecule has 0 saturated carbocycles. The number of sulfonamides is 1. The van der Waals surface area contributed by atoms with Gasteiger partial charge in [0.25, 0.3) is 5.56 Å². The summed E-state index contributed by atoms with van der Waals surface area (Å²) in [5.41, 5.74) is 2.08. The van der Waals surface area contributed by atoms with Crippen LogP contribution in [0.2, 0.25) is 5.02 Å². The lowest BCUT2D eigenvalue weighted by molar-refractivity contribution is 0.587. The van der Waals surface area contributed by atoms with Crippen molar-refractivity contribution in [2.24, 2.45) is 0 Å². The first-order chi connectivity index (χ1) is 13.3. The molecule has 2 aromatic carbocycles. The van der Waals surface area contributed by atoms with Gasteiger partial charge in [-0.05, 0) is 56.3 Å². The smallest absolute Gasteiger partial charge is 0.266 e. The van der Waals surface area contributed by atoms with Crippen LogP contribution in [0.15, 0.2) is 52.4 Å². The second-order valence-electron chi connectivity index (χ2n) is 6.26. The van der Waals surface area contributed by atoms with E-state index in [0.29, 0.717) is 33.3 Å². The summed E-state index contributed by atoms with van der Waals surface area (Å²) in [6, 6.07) is 12.6. The molecule has 1 heterocycles. The quantitative estimate of drug-likeness (QED) is 0.348. The molecule has 0 atom stereocenters. The van der Waals surface area contributed by atoms with E-state index in [1.54, 1.807) is 22.8 Å². The normalized spacial score (nSPS) is 11.8. The zero-order chi connectivity index (χ0) is 20.3. The van der Waals surface area contributed by atoms with E-state index < -0.39 is 10.0 Å². The second-order valence-corrected chi connectivity index (χ2v) is 9.80. The first kappa shape index (κ1) is 20.9. The highest BCUT2D eigenvalue weighted by atomic mass is 35.5. The topological polar surface area (TPSA) is 81.1 Å². The number of thioether (sulfide) groups is 1. The molecule has 1 aromatic heterocycles. The molecule has 0 aliphatic heterocycles. The fourth-order valence-electron chi connectivity index (χ4n) is 2.74. The number of nitrogens with zero attached hydrogens (tertiary/aromatic N) is 2. The number of aryl methyl sites for hydroxylation is 1. The van der Waals surface area contributed by atoms with E-state index in [1.165, 1.54) is 18.8 Å². The van der Waals surface area contributed by atoms with Gasteiger partial charge in [-0.1, -0.05) is 35.5 Å². The lowest BCUT2D eigenvalue weighted by Gasteiger charge is -2.14. The van der Waals surface area contributed by atoms with E-state index in [0.717, 1.165) is 11.3 Å². The molecule has 0 amide bonds. The largest absolute Gasteiger partial charge is 0.268 e. The van der Waals surface area contributed by atoms with E-state index in [-0.39, 0.29) is 11.3 Å². The van der Waals surface area contributed by atoms with Crippen molar-refractivity contribution in [3.8, 4) is 5.69 Å². The molecule has 0 unspecified atom stereocenters. The molecular weight excluding hydrogens is 418 g/mol. The van der Waals surface area contributed by atoms with E-state index in [2.05, 4.69) is 9.71 Å². The number of nitrogens with one attached hydrogen (secondary N) is 1. The van der Waals surface area contributed by atoms with Gasteiger partial charge in [0.15, 0.2) is 5.16 Å². The van der Waals surface area contributed by atoms with Crippen molar-refractivity contribution >= 4 is 44.3 Å². The van der Waals surface area contributed by atoms with Gasteiger partial charge in [-0.3, -0.25) is 9.36 Å². The van der Waals surface area contributed by atoms with Crippen molar-refractivity contribution in [2.75, 3.05) is 18.6 Å². The highest BCUT2D eigenvalue weighted by Gasteiger charge is 2.14. The Morgan fingerprint density at radius 2 is 2.00 bits per heavy atom. The van der Waals surface area contributed by atoms with Crippen molar-refractivity contribution in [3.05, 3.63) is 63.4 Å². The Morgan fingerprint density at radius 3 is 2.71 bits per heavy atom. The van der Waals surface area contributed by atoms with Crippen LogP contribution < -0.4 is 10.3 Å². The Balaban J connectivity index is 2.03. The van der Waals surface area contributed by atoms with Gasteiger partial charge in [0.05, 0.1) is 22.3 Å². The monoisotopic (exact) mass is 437 g/mol. The molecule has 0 aliphatic carbocycles. The van der Waals surface area contributed by atoms with Crippen LogP contribution in [0.4, 0.5) is 0 Å². The minimum atomic E-state index is -3.26. The third-order valence-corrected chi connectivity index (χ3v) is 6.87. The molecule has 0 spiro atoms. The van der Waals surface area contributed by atoms with Gasteiger partial charge in [-0.25, -0.2) is 18.1 Å². The molecule has 3 rings (SSSR count).